The molecule has 1 aromatic carbocycles. The Labute approximate surface area is 116 Å². The Morgan fingerprint density at radius 3 is 2.75 bits per heavy atom. The molecular formula is C16H15NO3. The van der Waals surface area contributed by atoms with Crippen LogP contribution in [0.5, 0.6) is 5.88 Å². The van der Waals surface area contributed by atoms with Crippen LogP contribution in [-0.4, -0.2) is 10.1 Å². The van der Waals surface area contributed by atoms with Crippen LogP contribution >= 0.6 is 0 Å². The van der Waals surface area contributed by atoms with Crippen molar-refractivity contribution in [1.29, 1.82) is 0 Å². The maximum absolute atomic E-state index is 9.56. The topological polar surface area (TPSA) is 55.5 Å². The second-order valence-electron chi connectivity index (χ2n) is 4.58. The van der Waals surface area contributed by atoms with Gasteiger partial charge in [0.2, 0.25) is 5.88 Å². The van der Waals surface area contributed by atoms with E-state index in [-0.39, 0.29) is 6.61 Å². The van der Waals surface area contributed by atoms with Gasteiger partial charge in [-0.1, -0.05) is 30.3 Å². The number of nitrogens with zero attached hydrogens (tertiary/aromatic N) is 1. The molecule has 0 saturated carbocycles. The lowest BCUT2D eigenvalue weighted by Crippen LogP contribution is -2.02. The summed E-state index contributed by atoms with van der Waals surface area (Å²) < 4.78 is 11.1. The van der Waals surface area contributed by atoms with Gasteiger partial charge in [0.05, 0.1) is 24.1 Å². The molecule has 0 amide bonds. The molecule has 3 rings (SSSR count). The largest absolute Gasteiger partial charge is 0.473 e. The number of aromatic nitrogens is 1. The number of aliphatic hydroxyl groups is 1. The summed E-state index contributed by atoms with van der Waals surface area (Å²) in [6, 6.07) is 11.7. The van der Waals surface area contributed by atoms with Crippen LogP contribution in [0.4, 0.5) is 0 Å². The molecule has 0 aliphatic heterocycles. The normalized spacial score (nSPS) is 10.9. The van der Waals surface area contributed by atoms with E-state index >= 15 is 0 Å². The smallest absolute Gasteiger partial charge is 0.220 e. The molecule has 0 saturated heterocycles. The molecule has 0 fully saturated rings. The van der Waals surface area contributed by atoms with E-state index in [0.717, 1.165) is 16.6 Å². The standard InChI is InChI=1S/C16H15NO3/c1-11-15-13(7-8-19-15)14(9-18)16(17-11)20-10-12-5-3-2-4-6-12/h2-8,18H,9-10H2,1H3. The molecule has 1 N–H and O–H groups in total. The van der Waals surface area contributed by atoms with Gasteiger partial charge in [0, 0.05) is 5.39 Å². The van der Waals surface area contributed by atoms with Crippen molar-refractivity contribution in [3.63, 3.8) is 0 Å². The van der Waals surface area contributed by atoms with Crippen molar-refractivity contribution in [1.82, 2.24) is 4.98 Å². The van der Waals surface area contributed by atoms with E-state index < -0.39 is 0 Å². The van der Waals surface area contributed by atoms with Crippen molar-refractivity contribution in [2.24, 2.45) is 0 Å². The minimum atomic E-state index is -0.132. The zero-order valence-electron chi connectivity index (χ0n) is 11.2. The first-order valence-electron chi connectivity index (χ1n) is 6.44. The van der Waals surface area contributed by atoms with Crippen molar-refractivity contribution in [2.75, 3.05) is 0 Å². The van der Waals surface area contributed by atoms with Crippen LogP contribution in [0.1, 0.15) is 16.8 Å². The van der Waals surface area contributed by atoms with Crippen molar-refractivity contribution >= 4 is 11.0 Å². The number of hydrogen-bond donors (Lipinski definition) is 1. The fourth-order valence-corrected chi connectivity index (χ4v) is 2.21. The van der Waals surface area contributed by atoms with Crippen LogP contribution < -0.4 is 4.74 Å². The van der Waals surface area contributed by atoms with Crippen LogP contribution in [0.3, 0.4) is 0 Å². The number of benzene rings is 1. The highest BCUT2D eigenvalue weighted by Gasteiger charge is 2.14. The summed E-state index contributed by atoms with van der Waals surface area (Å²) in [5.41, 5.74) is 3.17. The van der Waals surface area contributed by atoms with E-state index in [1.807, 2.05) is 43.3 Å². The molecule has 2 heterocycles. The SMILES string of the molecule is Cc1nc(OCc2ccccc2)c(CO)c2ccoc12. The van der Waals surface area contributed by atoms with Gasteiger partial charge in [-0.2, -0.15) is 0 Å². The Hall–Kier alpha value is -2.33. The van der Waals surface area contributed by atoms with Gasteiger partial charge in [0.15, 0.2) is 5.58 Å². The monoisotopic (exact) mass is 269 g/mol. The highest BCUT2D eigenvalue weighted by molar-refractivity contribution is 5.84. The maximum Gasteiger partial charge on any atom is 0.220 e. The summed E-state index contributed by atoms with van der Waals surface area (Å²) in [6.45, 7) is 2.15. The number of aryl methyl sites for hydroxylation is 1. The number of aliphatic hydroxyl groups excluding tert-OH is 1. The molecule has 0 spiro atoms. The average Bonchev–Trinajstić information content (AvgIpc) is 2.96. The molecule has 0 aliphatic rings. The van der Waals surface area contributed by atoms with Gasteiger partial charge in [-0.05, 0) is 18.6 Å². The summed E-state index contributed by atoms with van der Waals surface area (Å²) in [4.78, 5) is 4.38. The lowest BCUT2D eigenvalue weighted by molar-refractivity contribution is 0.254. The number of hydrogen-bond acceptors (Lipinski definition) is 4. The number of fused-ring (bicyclic) bond motifs is 1. The molecule has 0 radical (unpaired) electrons. The van der Waals surface area contributed by atoms with Crippen molar-refractivity contribution < 1.29 is 14.3 Å². The van der Waals surface area contributed by atoms with E-state index in [4.69, 9.17) is 9.15 Å². The van der Waals surface area contributed by atoms with Gasteiger partial charge in [-0.15, -0.1) is 0 Å². The third-order valence-corrected chi connectivity index (χ3v) is 3.22. The third kappa shape index (κ3) is 2.26. The molecule has 20 heavy (non-hydrogen) atoms. The Balaban J connectivity index is 1.94. The van der Waals surface area contributed by atoms with Crippen LogP contribution in [0.15, 0.2) is 47.1 Å². The Morgan fingerprint density at radius 1 is 1.20 bits per heavy atom. The van der Waals surface area contributed by atoms with Crippen LogP contribution in [-0.2, 0) is 13.2 Å². The third-order valence-electron chi connectivity index (χ3n) is 3.22. The molecule has 0 aliphatic carbocycles. The molecule has 4 nitrogen and oxygen atoms in total. The molecule has 4 heteroatoms. The Kier molecular flexibility index (Phi) is 3.39. The summed E-state index contributed by atoms with van der Waals surface area (Å²) in [6.07, 6.45) is 1.60. The molecule has 0 bridgehead atoms. The molecular weight excluding hydrogens is 254 g/mol. The minimum Gasteiger partial charge on any atom is -0.473 e. The summed E-state index contributed by atoms with van der Waals surface area (Å²) in [5.74, 6) is 0.461. The van der Waals surface area contributed by atoms with Gasteiger partial charge < -0.3 is 14.3 Å². The first-order chi connectivity index (χ1) is 9.79. The molecule has 0 atom stereocenters. The Morgan fingerprint density at radius 2 is 2.00 bits per heavy atom. The zero-order valence-corrected chi connectivity index (χ0v) is 11.2. The second kappa shape index (κ2) is 5.35. The van der Waals surface area contributed by atoms with E-state index in [1.165, 1.54) is 0 Å². The number of rotatable bonds is 4. The van der Waals surface area contributed by atoms with Crippen LogP contribution in [0, 0.1) is 6.92 Å². The van der Waals surface area contributed by atoms with Gasteiger partial charge in [0.25, 0.3) is 0 Å². The van der Waals surface area contributed by atoms with Crippen LogP contribution in [0.25, 0.3) is 11.0 Å². The van der Waals surface area contributed by atoms with E-state index in [2.05, 4.69) is 4.98 Å². The summed E-state index contributed by atoms with van der Waals surface area (Å²) in [5, 5.41) is 10.4. The molecule has 0 unspecified atom stereocenters. The van der Waals surface area contributed by atoms with E-state index in [9.17, 15) is 5.11 Å². The van der Waals surface area contributed by atoms with E-state index in [0.29, 0.717) is 23.6 Å². The lowest BCUT2D eigenvalue weighted by Gasteiger charge is -2.11. The van der Waals surface area contributed by atoms with Gasteiger partial charge in [0.1, 0.15) is 6.61 Å². The predicted octanol–water partition coefficient (Wildman–Crippen LogP) is 3.21. The number of furan rings is 1. The molecule has 3 aromatic rings. The fraction of sp³-hybridized carbons (Fsp3) is 0.188. The van der Waals surface area contributed by atoms with Crippen molar-refractivity contribution in [2.45, 2.75) is 20.1 Å². The summed E-state index contributed by atoms with van der Waals surface area (Å²) in [7, 11) is 0. The first kappa shape index (κ1) is 12.7. The molecule has 102 valence electrons. The van der Waals surface area contributed by atoms with E-state index in [1.54, 1.807) is 6.26 Å². The Bertz CT molecular complexity index is 719. The highest BCUT2D eigenvalue weighted by Crippen LogP contribution is 2.29. The van der Waals surface area contributed by atoms with Gasteiger partial charge in [-0.3, -0.25) is 0 Å². The van der Waals surface area contributed by atoms with Crippen molar-refractivity contribution in [3.8, 4) is 5.88 Å². The zero-order chi connectivity index (χ0) is 13.9. The predicted molar refractivity (Wildman–Crippen MR) is 75.4 cm³/mol. The molecule has 2 aromatic heterocycles. The summed E-state index contributed by atoms with van der Waals surface area (Å²) >= 11 is 0. The maximum atomic E-state index is 9.56. The number of ether oxygens (including phenoxy) is 1. The minimum absolute atomic E-state index is 0.132. The quantitative estimate of drug-likeness (QED) is 0.790. The average molecular weight is 269 g/mol. The van der Waals surface area contributed by atoms with Gasteiger partial charge in [-0.25, -0.2) is 4.98 Å². The van der Waals surface area contributed by atoms with Crippen molar-refractivity contribution in [3.05, 3.63) is 59.5 Å². The first-order valence-corrected chi connectivity index (χ1v) is 6.44. The lowest BCUT2D eigenvalue weighted by atomic mass is 10.1. The highest BCUT2D eigenvalue weighted by atomic mass is 16.5. The van der Waals surface area contributed by atoms with Crippen LogP contribution in [0.2, 0.25) is 0 Å². The number of pyridine rings is 1. The second-order valence-corrected chi connectivity index (χ2v) is 4.58. The fourth-order valence-electron chi connectivity index (χ4n) is 2.21. The van der Waals surface area contributed by atoms with Gasteiger partial charge >= 0.3 is 0 Å².